The summed E-state index contributed by atoms with van der Waals surface area (Å²) in [6.45, 7) is 4.04. The summed E-state index contributed by atoms with van der Waals surface area (Å²) in [4.78, 5) is 2.56. The van der Waals surface area contributed by atoms with Crippen LogP contribution >= 0.6 is 15.9 Å². The van der Waals surface area contributed by atoms with Crippen molar-refractivity contribution in [2.75, 3.05) is 33.3 Å². The summed E-state index contributed by atoms with van der Waals surface area (Å²) < 4.78 is 34.6. The smallest absolute Gasteiger partial charge is 0.246 e. The molecule has 0 atom stereocenters. The monoisotopic (exact) mass is 514 g/mol. The minimum Gasteiger partial charge on any atom is -0.495 e. The predicted molar refractivity (Wildman–Crippen MR) is 130 cm³/mol. The Bertz CT molecular complexity index is 1120. The van der Waals surface area contributed by atoms with Crippen molar-refractivity contribution in [3.8, 4) is 5.75 Å². The highest BCUT2D eigenvalue weighted by atomic mass is 79.9. The largest absolute Gasteiger partial charge is 0.495 e. The Kier molecular flexibility index (Phi) is 7.00. The number of rotatable bonds is 6. The van der Waals surface area contributed by atoms with Crippen LogP contribution in [0.25, 0.3) is 0 Å². The van der Waals surface area contributed by atoms with Crippen LogP contribution in [0.4, 0.5) is 0 Å². The molecule has 1 aliphatic heterocycles. The van der Waals surface area contributed by atoms with Crippen LogP contribution in [0.5, 0.6) is 5.75 Å². The van der Waals surface area contributed by atoms with Gasteiger partial charge in [0.15, 0.2) is 0 Å². The SMILES string of the molecule is COc1cc(C)c(Br)cc1S(=O)(=O)N1CCN(C(c2ccccc2)c2ccccc2)CC1. The van der Waals surface area contributed by atoms with Gasteiger partial charge in [0, 0.05) is 30.7 Å². The molecular formula is C25H27BrN2O3S. The fraction of sp³-hybridized carbons (Fsp3) is 0.280. The highest BCUT2D eigenvalue weighted by Crippen LogP contribution is 2.34. The van der Waals surface area contributed by atoms with E-state index in [1.54, 1.807) is 16.4 Å². The maximum atomic E-state index is 13.5. The van der Waals surface area contributed by atoms with Gasteiger partial charge in [0.2, 0.25) is 10.0 Å². The van der Waals surface area contributed by atoms with Crippen molar-refractivity contribution in [3.63, 3.8) is 0 Å². The molecule has 7 heteroatoms. The van der Waals surface area contributed by atoms with Gasteiger partial charge in [-0.05, 0) is 35.7 Å². The summed E-state index contributed by atoms with van der Waals surface area (Å²) in [6, 6.07) is 24.3. The van der Waals surface area contributed by atoms with Crippen molar-refractivity contribution in [3.05, 3.63) is 94.0 Å². The van der Waals surface area contributed by atoms with Crippen LogP contribution in [0, 0.1) is 6.92 Å². The van der Waals surface area contributed by atoms with Gasteiger partial charge >= 0.3 is 0 Å². The van der Waals surface area contributed by atoms with Crippen LogP contribution in [-0.4, -0.2) is 50.9 Å². The Morgan fingerprint density at radius 2 is 1.41 bits per heavy atom. The number of methoxy groups -OCH3 is 1. The van der Waals surface area contributed by atoms with Crippen molar-refractivity contribution >= 4 is 26.0 Å². The maximum absolute atomic E-state index is 13.5. The summed E-state index contributed by atoms with van der Waals surface area (Å²) >= 11 is 3.46. The van der Waals surface area contributed by atoms with Crippen molar-refractivity contribution in [2.24, 2.45) is 0 Å². The van der Waals surface area contributed by atoms with E-state index in [-0.39, 0.29) is 10.9 Å². The molecule has 1 heterocycles. The number of aryl methyl sites for hydroxylation is 1. The van der Waals surface area contributed by atoms with Crippen LogP contribution in [0.2, 0.25) is 0 Å². The van der Waals surface area contributed by atoms with E-state index in [0.29, 0.717) is 31.9 Å². The Morgan fingerprint density at radius 1 is 0.875 bits per heavy atom. The third-order valence-electron chi connectivity index (χ3n) is 5.93. The maximum Gasteiger partial charge on any atom is 0.246 e. The first-order valence-corrected chi connectivity index (χ1v) is 12.8. The quantitative estimate of drug-likeness (QED) is 0.471. The number of nitrogens with zero attached hydrogens (tertiary/aromatic N) is 2. The van der Waals surface area contributed by atoms with Crippen molar-refractivity contribution < 1.29 is 13.2 Å². The van der Waals surface area contributed by atoms with Crippen molar-refractivity contribution in [1.82, 2.24) is 9.21 Å². The second-order valence-electron chi connectivity index (χ2n) is 7.92. The van der Waals surface area contributed by atoms with E-state index in [2.05, 4.69) is 45.1 Å². The number of halogens is 1. The molecule has 5 nitrogen and oxygen atoms in total. The number of hydrogen-bond donors (Lipinski definition) is 0. The zero-order chi connectivity index (χ0) is 22.7. The van der Waals surface area contributed by atoms with Gasteiger partial charge in [-0.25, -0.2) is 8.42 Å². The van der Waals surface area contributed by atoms with Crippen LogP contribution in [-0.2, 0) is 10.0 Å². The second-order valence-corrected chi connectivity index (χ2v) is 10.7. The molecule has 0 spiro atoms. The lowest BCUT2D eigenvalue weighted by molar-refractivity contribution is 0.155. The van der Waals surface area contributed by atoms with E-state index in [4.69, 9.17) is 4.74 Å². The van der Waals surface area contributed by atoms with Gasteiger partial charge in [0.05, 0.1) is 13.2 Å². The van der Waals surface area contributed by atoms with E-state index in [1.165, 1.54) is 18.2 Å². The molecule has 0 saturated carbocycles. The van der Waals surface area contributed by atoms with Gasteiger partial charge in [-0.1, -0.05) is 76.6 Å². The average molecular weight is 515 g/mol. The normalized spacial score (nSPS) is 15.8. The molecule has 1 saturated heterocycles. The number of benzene rings is 3. The van der Waals surface area contributed by atoms with Crippen LogP contribution in [0.1, 0.15) is 22.7 Å². The molecule has 0 radical (unpaired) electrons. The minimum atomic E-state index is -3.67. The number of piperazine rings is 1. The first-order valence-electron chi connectivity index (χ1n) is 10.6. The Hall–Kier alpha value is -2.19. The highest BCUT2D eigenvalue weighted by molar-refractivity contribution is 9.10. The van der Waals surface area contributed by atoms with Crippen molar-refractivity contribution in [2.45, 2.75) is 17.9 Å². The molecule has 3 aromatic rings. The molecule has 0 unspecified atom stereocenters. The third-order valence-corrected chi connectivity index (χ3v) is 8.71. The first-order chi connectivity index (χ1) is 15.4. The van der Waals surface area contributed by atoms with E-state index in [1.807, 2.05) is 43.3 Å². The van der Waals surface area contributed by atoms with Crippen LogP contribution < -0.4 is 4.74 Å². The standard InChI is InChI=1S/C25H27BrN2O3S/c1-19-17-23(31-2)24(18-22(19)26)32(29,30)28-15-13-27(14-16-28)25(20-9-5-3-6-10-20)21-11-7-4-8-12-21/h3-12,17-18,25H,13-16H2,1-2H3. The van der Waals surface area contributed by atoms with E-state index >= 15 is 0 Å². The zero-order valence-corrected chi connectivity index (χ0v) is 20.6. The molecule has 32 heavy (non-hydrogen) atoms. The lowest BCUT2D eigenvalue weighted by Crippen LogP contribution is -2.49. The topological polar surface area (TPSA) is 49.9 Å². The molecule has 0 bridgehead atoms. The van der Waals surface area contributed by atoms with Gasteiger partial charge in [0.25, 0.3) is 0 Å². The fourth-order valence-corrected chi connectivity index (χ4v) is 6.30. The Labute approximate surface area is 198 Å². The van der Waals surface area contributed by atoms with Crippen molar-refractivity contribution in [1.29, 1.82) is 0 Å². The molecular weight excluding hydrogens is 488 g/mol. The Morgan fingerprint density at radius 3 is 1.91 bits per heavy atom. The minimum absolute atomic E-state index is 0.0882. The van der Waals surface area contributed by atoms with Gasteiger partial charge in [0.1, 0.15) is 10.6 Å². The summed E-state index contributed by atoms with van der Waals surface area (Å²) in [5.74, 6) is 0.375. The van der Waals surface area contributed by atoms with Crippen LogP contribution in [0.3, 0.4) is 0 Å². The predicted octanol–water partition coefficient (Wildman–Crippen LogP) is 4.86. The van der Waals surface area contributed by atoms with Crippen LogP contribution in [0.15, 0.2) is 82.2 Å². The average Bonchev–Trinajstić information content (AvgIpc) is 2.82. The van der Waals surface area contributed by atoms with E-state index in [9.17, 15) is 8.42 Å². The molecule has 0 N–H and O–H groups in total. The summed E-state index contributed by atoms with van der Waals surface area (Å²) in [6.07, 6.45) is 0. The highest BCUT2D eigenvalue weighted by Gasteiger charge is 2.34. The zero-order valence-electron chi connectivity index (χ0n) is 18.2. The lowest BCUT2D eigenvalue weighted by atomic mass is 9.96. The number of ether oxygens (including phenoxy) is 1. The molecule has 3 aromatic carbocycles. The fourth-order valence-electron chi connectivity index (χ4n) is 4.22. The molecule has 168 valence electrons. The summed E-state index contributed by atoms with van der Waals surface area (Å²) in [5, 5.41) is 0. The molecule has 0 amide bonds. The Balaban J connectivity index is 1.59. The molecule has 0 aliphatic carbocycles. The number of hydrogen-bond acceptors (Lipinski definition) is 4. The number of sulfonamides is 1. The van der Waals surface area contributed by atoms with E-state index < -0.39 is 10.0 Å². The molecule has 1 aliphatic rings. The summed E-state index contributed by atoms with van der Waals surface area (Å²) in [7, 11) is -2.17. The van der Waals surface area contributed by atoms with Gasteiger partial charge in [-0.2, -0.15) is 4.31 Å². The van der Waals surface area contributed by atoms with E-state index in [0.717, 1.165) is 10.0 Å². The molecule has 4 rings (SSSR count). The van der Waals surface area contributed by atoms with Gasteiger partial charge in [-0.15, -0.1) is 0 Å². The lowest BCUT2D eigenvalue weighted by Gasteiger charge is -2.39. The van der Waals surface area contributed by atoms with Gasteiger partial charge < -0.3 is 4.74 Å². The molecule has 0 aromatic heterocycles. The molecule has 1 fully saturated rings. The van der Waals surface area contributed by atoms with Gasteiger partial charge in [-0.3, -0.25) is 4.90 Å². The third kappa shape index (κ3) is 4.62. The first kappa shape index (κ1) is 23.0. The summed E-state index contributed by atoms with van der Waals surface area (Å²) in [5.41, 5.74) is 3.34. The second kappa shape index (κ2) is 9.75.